The number of thiol groups is 1. The van der Waals surface area contributed by atoms with E-state index in [0.29, 0.717) is 5.41 Å². The van der Waals surface area contributed by atoms with Gasteiger partial charge in [-0.2, -0.15) is 12.6 Å². The van der Waals surface area contributed by atoms with Crippen LogP contribution in [0.1, 0.15) is 51.4 Å². The summed E-state index contributed by atoms with van der Waals surface area (Å²) in [6.45, 7) is 3.13. The molecule has 2 aliphatic rings. The summed E-state index contributed by atoms with van der Waals surface area (Å²) in [5.41, 5.74) is 0.479. The summed E-state index contributed by atoms with van der Waals surface area (Å²) in [7, 11) is 2.31. The standard InChI is InChI=1S/C15H29NOS/c1-16(14-6-10-17-11-7-14)12-15(13-18)8-4-2-3-5-9-15/h14,18H,2-13H2,1H3. The Balaban J connectivity index is 1.90. The summed E-state index contributed by atoms with van der Waals surface area (Å²) in [4.78, 5) is 2.60. The molecule has 0 spiro atoms. The lowest BCUT2D eigenvalue weighted by atomic mass is 9.81. The first-order chi connectivity index (χ1) is 8.76. The Bertz CT molecular complexity index is 233. The second kappa shape index (κ2) is 7.16. The highest BCUT2D eigenvalue weighted by Crippen LogP contribution is 2.37. The molecule has 1 aliphatic carbocycles. The monoisotopic (exact) mass is 271 g/mol. The van der Waals surface area contributed by atoms with Gasteiger partial charge < -0.3 is 9.64 Å². The summed E-state index contributed by atoms with van der Waals surface area (Å²) < 4.78 is 5.47. The van der Waals surface area contributed by atoms with Gasteiger partial charge >= 0.3 is 0 Å². The van der Waals surface area contributed by atoms with E-state index in [9.17, 15) is 0 Å². The van der Waals surface area contributed by atoms with Crippen LogP contribution in [0.2, 0.25) is 0 Å². The third-order valence-electron chi connectivity index (χ3n) is 4.90. The number of nitrogens with zero attached hydrogens (tertiary/aromatic N) is 1. The number of rotatable bonds is 4. The lowest BCUT2D eigenvalue weighted by molar-refractivity contribution is 0.0279. The smallest absolute Gasteiger partial charge is 0.0480 e. The maximum absolute atomic E-state index is 5.47. The molecule has 0 aromatic heterocycles. The Morgan fingerprint density at radius 2 is 1.72 bits per heavy atom. The zero-order valence-electron chi connectivity index (χ0n) is 11.9. The third kappa shape index (κ3) is 3.88. The molecule has 1 aliphatic heterocycles. The molecule has 2 fully saturated rings. The summed E-state index contributed by atoms with van der Waals surface area (Å²) >= 11 is 4.68. The fourth-order valence-electron chi connectivity index (χ4n) is 3.63. The minimum atomic E-state index is 0.479. The fourth-order valence-corrected chi connectivity index (χ4v) is 4.05. The highest BCUT2D eigenvalue weighted by molar-refractivity contribution is 7.80. The Labute approximate surface area is 118 Å². The summed E-state index contributed by atoms with van der Waals surface area (Å²) in [5, 5.41) is 0. The van der Waals surface area contributed by atoms with Crippen LogP contribution in [0, 0.1) is 5.41 Å². The predicted octanol–water partition coefficient (Wildman–Crippen LogP) is 3.37. The van der Waals surface area contributed by atoms with Crippen molar-refractivity contribution in [2.75, 3.05) is 32.6 Å². The molecule has 3 heteroatoms. The van der Waals surface area contributed by atoms with Crippen LogP contribution in [0.15, 0.2) is 0 Å². The van der Waals surface area contributed by atoms with E-state index < -0.39 is 0 Å². The van der Waals surface area contributed by atoms with E-state index in [1.807, 2.05) is 0 Å². The van der Waals surface area contributed by atoms with E-state index in [1.165, 1.54) is 57.9 Å². The van der Waals surface area contributed by atoms with Crippen molar-refractivity contribution in [2.45, 2.75) is 57.4 Å². The predicted molar refractivity (Wildman–Crippen MR) is 80.5 cm³/mol. The quantitative estimate of drug-likeness (QED) is 0.622. The second-order valence-electron chi connectivity index (χ2n) is 6.33. The molecule has 0 atom stereocenters. The molecular formula is C15H29NOS. The van der Waals surface area contributed by atoms with Crippen LogP contribution in [-0.2, 0) is 4.74 Å². The largest absolute Gasteiger partial charge is 0.381 e. The van der Waals surface area contributed by atoms with Gasteiger partial charge in [-0.25, -0.2) is 0 Å². The molecule has 18 heavy (non-hydrogen) atoms. The van der Waals surface area contributed by atoms with Crippen LogP contribution in [0.25, 0.3) is 0 Å². The molecule has 0 N–H and O–H groups in total. The fraction of sp³-hybridized carbons (Fsp3) is 1.00. The van der Waals surface area contributed by atoms with Crippen LogP contribution >= 0.6 is 12.6 Å². The van der Waals surface area contributed by atoms with E-state index in [1.54, 1.807) is 0 Å². The lowest BCUT2D eigenvalue weighted by Gasteiger charge is -2.40. The molecular weight excluding hydrogens is 242 g/mol. The van der Waals surface area contributed by atoms with Gasteiger partial charge in [0, 0.05) is 25.8 Å². The maximum Gasteiger partial charge on any atom is 0.0480 e. The molecule has 2 rings (SSSR count). The van der Waals surface area contributed by atoms with Gasteiger partial charge in [0.05, 0.1) is 0 Å². The van der Waals surface area contributed by atoms with Gasteiger partial charge in [0.2, 0.25) is 0 Å². The molecule has 106 valence electrons. The van der Waals surface area contributed by atoms with Gasteiger partial charge in [-0.1, -0.05) is 25.7 Å². The zero-order chi connectivity index (χ0) is 12.8. The summed E-state index contributed by atoms with van der Waals surface area (Å²) in [6, 6.07) is 0.735. The van der Waals surface area contributed by atoms with E-state index in [4.69, 9.17) is 4.74 Å². The highest BCUT2D eigenvalue weighted by atomic mass is 32.1. The molecule has 0 aromatic carbocycles. The van der Waals surface area contributed by atoms with Crippen LogP contribution in [-0.4, -0.2) is 43.5 Å². The Morgan fingerprint density at radius 1 is 1.11 bits per heavy atom. The number of hydrogen-bond acceptors (Lipinski definition) is 3. The minimum absolute atomic E-state index is 0.479. The first-order valence-electron chi connectivity index (χ1n) is 7.65. The lowest BCUT2D eigenvalue weighted by Crippen LogP contribution is -2.44. The molecule has 0 aromatic rings. The van der Waals surface area contributed by atoms with Gasteiger partial charge in [-0.05, 0) is 43.9 Å². The molecule has 0 radical (unpaired) electrons. The highest BCUT2D eigenvalue weighted by Gasteiger charge is 2.32. The topological polar surface area (TPSA) is 12.5 Å². The van der Waals surface area contributed by atoms with Gasteiger partial charge in [-0.15, -0.1) is 0 Å². The first-order valence-corrected chi connectivity index (χ1v) is 8.28. The van der Waals surface area contributed by atoms with Crippen LogP contribution in [0.4, 0.5) is 0 Å². The van der Waals surface area contributed by atoms with Gasteiger partial charge in [0.1, 0.15) is 0 Å². The van der Waals surface area contributed by atoms with E-state index in [-0.39, 0.29) is 0 Å². The summed E-state index contributed by atoms with van der Waals surface area (Å²) in [5.74, 6) is 1.06. The molecule has 2 nitrogen and oxygen atoms in total. The van der Waals surface area contributed by atoms with Crippen molar-refractivity contribution in [2.24, 2.45) is 5.41 Å². The maximum atomic E-state index is 5.47. The number of hydrogen-bond donors (Lipinski definition) is 1. The van der Waals surface area contributed by atoms with E-state index in [2.05, 4.69) is 24.6 Å². The molecule has 1 heterocycles. The molecule has 0 amide bonds. The van der Waals surface area contributed by atoms with Crippen molar-refractivity contribution in [1.82, 2.24) is 4.90 Å². The van der Waals surface area contributed by atoms with Gasteiger partial charge in [0.25, 0.3) is 0 Å². The molecule has 0 unspecified atom stereocenters. The first kappa shape index (κ1) is 14.7. The normalized spacial score (nSPS) is 26.2. The van der Waals surface area contributed by atoms with Crippen molar-refractivity contribution < 1.29 is 4.74 Å². The summed E-state index contributed by atoms with van der Waals surface area (Å²) in [6.07, 6.45) is 10.8. The molecule has 1 saturated heterocycles. The van der Waals surface area contributed by atoms with Crippen molar-refractivity contribution in [1.29, 1.82) is 0 Å². The van der Waals surface area contributed by atoms with Crippen LogP contribution in [0.5, 0.6) is 0 Å². The van der Waals surface area contributed by atoms with Crippen LogP contribution < -0.4 is 0 Å². The zero-order valence-corrected chi connectivity index (χ0v) is 12.8. The molecule has 1 saturated carbocycles. The van der Waals surface area contributed by atoms with Crippen molar-refractivity contribution in [3.63, 3.8) is 0 Å². The van der Waals surface area contributed by atoms with Crippen LogP contribution in [0.3, 0.4) is 0 Å². The number of ether oxygens (including phenoxy) is 1. The second-order valence-corrected chi connectivity index (χ2v) is 6.65. The van der Waals surface area contributed by atoms with Gasteiger partial charge in [0.15, 0.2) is 0 Å². The molecule has 0 bridgehead atoms. The minimum Gasteiger partial charge on any atom is -0.381 e. The van der Waals surface area contributed by atoms with E-state index >= 15 is 0 Å². The van der Waals surface area contributed by atoms with Gasteiger partial charge in [-0.3, -0.25) is 0 Å². The third-order valence-corrected chi connectivity index (χ3v) is 5.57. The average molecular weight is 271 g/mol. The van der Waals surface area contributed by atoms with Crippen molar-refractivity contribution in [3.8, 4) is 0 Å². The Kier molecular flexibility index (Phi) is 5.84. The van der Waals surface area contributed by atoms with Crippen molar-refractivity contribution in [3.05, 3.63) is 0 Å². The van der Waals surface area contributed by atoms with E-state index in [0.717, 1.165) is 25.0 Å². The Morgan fingerprint density at radius 3 is 2.28 bits per heavy atom. The average Bonchev–Trinajstić information content (AvgIpc) is 2.66. The SMILES string of the molecule is CN(CC1(CS)CCCCCC1)C1CCOCC1. The van der Waals surface area contributed by atoms with Crippen molar-refractivity contribution >= 4 is 12.6 Å². The Hall–Kier alpha value is 0.270.